The largest absolute Gasteiger partial charge is 0.530 e. The van der Waals surface area contributed by atoms with Gasteiger partial charge in [0.25, 0.3) is 5.69 Å². The standard InChI is InChI=1S/C11H16NO6P/c1-4-16-19(15,17-5-2)18-10-6-7-11(12(13)14)9(3)8-10/h6-8H,4-5H2,1-3H3. The van der Waals surface area contributed by atoms with E-state index in [1.54, 1.807) is 20.8 Å². The third-order valence-electron chi connectivity index (χ3n) is 2.16. The summed E-state index contributed by atoms with van der Waals surface area (Å²) >= 11 is 0. The van der Waals surface area contributed by atoms with Crippen molar-refractivity contribution in [2.24, 2.45) is 0 Å². The lowest BCUT2D eigenvalue weighted by Gasteiger charge is -2.17. The third-order valence-corrected chi connectivity index (χ3v) is 3.74. The van der Waals surface area contributed by atoms with Crippen molar-refractivity contribution in [3.8, 4) is 5.75 Å². The van der Waals surface area contributed by atoms with E-state index < -0.39 is 12.7 Å². The fourth-order valence-electron chi connectivity index (χ4n) is 1.42. The molecule has 0 heterocycles. The highest BCUT2D eigenvalue weighted by molar-refractivity contribution is 7.48. The summed E-state index contributed by atoms with van der Waals surface area (Å²) in [6.07, 6.45) is 0. The van der Waals surface area contributed by atoms with Gasteiger partial charge in [-0.05, 0) is 32.9 Å². The van der Waals surface area contributed by atoms with Crippen LogP contribution in [-0.4, -0.2) is 18.1 Å². The first-order valence-corrected chi connectivity index (χ1v) is 7.21. The molecule has 0 atom stereocenters. The summed E-state index contributed by atoms with van der Waals surface area (Å²) in [6, 6.07) is 4.06. The van der Waals surface area contributed by atoms with Crippen LogP contribution in [0.1, 0.15) is 19.4 Å². The van der Waals surface area contributed by atoms with Crippen molar-refractivity contribution in [3.63, 3.8) is 0 Å². The Labute approximate surface area is 111 Å². The molecule has 0 bridgehead atoms. The summed E-state index contributed by atoms with van der Waals surface area (Å²) in [6.45, 7) is 5.23. The van der Waals surface area contributed by atoms with Crippen LogP contribution in [0, 0.1) is 17.0 Å². The second-order valence-corrected chi connectivity index (χ2v) is 5.17. The van der Waals surface area contributed by atoms with E-state index in [1.807, 2.05) is 0 Å². The maximum absolute atomic E-state index is 12.1. The molecule has 0 unspecified atom stereocenters. The van der Waals surface area contributed by atoms with Crippen LogP contribution in [0.4, 0.5) is 5.69 Å². The zero-order valence-electron chi connectivity index (χ0n) is 11.0. The van der Waals surface area contributed by atoms with Crippen molar-refractivity contribution in [1.82, 2.24) is 0 Å². The van der Waals surface area contributed by atoms with Gasteiger partial charge >= 0.3 is 7.82 Å². The van der Waals surface area contributed by atoms with E-state index in [9.17, 15) is 14.7 Å². The van der Waals surface area contributed by atoms with E-state index >= 15 is 0 Å². The lowest BCUT2D eigenvalue weighted by atomic mass is 10.2. The Hall–Kier alpha value is -1.43. The normalized spacial score (nSPS) is 11.3. The van der Waals surface area contributed by atoms with Crippen molar-refractivity contribution in [2.75, 3.05) is 13.2 Å². The number of nitro groups is 1. The molecule has 1 aromatic rings. The third kappa shape index (κ3) is 4.31. The van der Waals surface area contributed by atoms with Gasteiger partial charge in [-0.3, -0.25) is 19.2 Å². The fourth-order valence-corrected chi connectivity index (χ4v) is 2.61. The summed E-state index contributed by atoms with van der Waals surface area (Å²) in [5.74, 6) is 0.202. The second kappa shape index (κ2) is 6.65. The Bertz CT molecular complexity index is 494. The molecular formula is C11H16NO6P. The molecule has 7 nitrogen and oxygen atoms in total. The van der Waals surface area contributed by atoms with Gasteiger partial charge in [-0.2, -0.15) is 0 Å². The minimum Gasteiger partial charge on any atom is -0.404 e. The summed E-state index contributed by atoms with van der Waals surface area (Å²) in [5.41, 5.74) is 0.372. The molecule has 1 aromatic carbocycles. The average Bonchev–Trinajstić information content (AvgIpc) is 2.28. The molecule has 0 amide bonds. The van der Waals surface area contributed by atoms with Crippen LogP contribution in [0.25, 0.3) is 0 Å². The zero-order valence-corrected chi connectivity index (χ0v) is 11.9. The lowest BCUT2D eigenvalue weighted by molar-refractivity contribution is -0.385. The first-order valence-electron chi connectivity index (χ1n) is 5.75. The number of rotatable bonds is 7. The monoisotopic (exact) mass is 289 g/mol. The molecule has 106 valence electrons. The molecular weight excluding hydrogens is 273 g/mol. The molecule has 0 saturated carbocycles. The predicted octanol–water partition coefficient (Wildman–Crippen LogP) is 3.46. The number of phosphoric acid groups is 1. The Morgan fingerprint density at radius 3 is 2.26 bits per heavy atom. The predicted molar refractivity (Wildman–Crippen MR) is 69.3 cm³/mol. The number of hydrogen-bond donors (Lipinski definition) is 0. The van der Waals surface area contributed by atoms with Gasteiger partial charge in [-0.1, -0.05) is 0 Å². The Morgan fingerprint density at radius 2 is 1.84 bits per heavy atom. The van der Waals surface area contributed by atoms with Gasteiger partial charge in [-0.15, -0.1) is 0 Å². The highest BCUT2D eigenvalue weighted by Crippen LogP contribution is 2.49. The molecule has 0 saturated heterocycles. The SMILES string of the molecule is CCOP(=O)(OCC)Oc1ccc([N+](=O)[O-])c(C)c1. The van der Waals surface area contributed by atoms with Gasteiger partial charge in [-0.25, -0.2) is 4.57 Å². The molecule has 0 aliphatic heterocycles. The highest BCUT2D eigenvalue weighted by atomic mass is 31.2. The van der Waals surface area contributed by atoms with Gasteiger partial charge in [0, 0.05) is 11.6 Å². The van der Waals surface area contributed by atoms with Crippen LogP contribution in [-0.2, 0) is 13.6 Å². The van der Waals surface area contributed by atoms with Gasteiger partial charge in [0.1, 0.15) is 5.75 Å². The Kier molecular flexibility index (Phi) is 5.47. The quantitative estimate of drug-likeness (QED) is 0.434. The fraction of sp³-hybridized carbons (Fsp3) is 0.455. The van der Waals surface area contributed by atoms with Gasteiger partial charge in [0.15, 0.2) is 0 Å². The van der Waals surface area contributed by atoms with Crippen LogP contribution in [0.15, 0.2) is 18.2 Å². The maximum Gasteiger partial charge on any atom is 0.530 e. The molecule has 8 heteroatoms. The first-order chi connectivity index (χ1) is 8.91. The van der Waals surface area contributed by atoms with Crippen LogP contribution >= 0.6 is 7.82 Å². The molecule has 0 aliphatic carbocycles. The van der Waals surface area contributed by atoms with Crippen LogP contribution in [0.2, 0.25) is 0 Å². The number of benzene rings is 1. The van der Waals surface area contributed by atoms with Crippen LogP contribution < -0.4 is 4.52 Å². The number of phosphoric ester groups is 1. The van der Waals surface area contributed by atoms with Gasteiger partial charge in [0.05, 0.1) is 18.1 Å². The van der Waals surface area contributed by atoms with Crippen molar-refractivity contribution < 1.29 is 23.1 Å². The maximum atomic E-state index is 12.1. The number of aryl methyl sites for hydroxylation is 1. The molecule has 0 spiro atoms. The first kappa shape index (κ1) is 15.6. The lowest BCUT2D eigenvalue weighted by Crippen LogP contribution is -2.02. The van der Waals surface area contributed by atoms with E-state index in [2.05, 4.69) is 0 Å². The Morgan fingerprint density at radius 1 is 1.26 bits per heavy atom. The van der Waals surface area contributed by atoms with Crippen LogP contribution in [0.3, 0.4) is 0 Å². The molecule has 0 aromatic heterocycles. The van der Waals surface area contributed by atoms with Crippen molar-refractivity contribution in [1.29, 1.82) is 0 Å². The second-order valence-electron chi connectivity index (χ2n) is 3.58. The van der Waals surface area contributed by atoms with E-state index in [0.29, 0.717) is 5.56 Å². The molecule has 0 N–H and O–H groups in total. The van der Waals surface area contributed by atoms with E-state index in [-0.39, 0.29) is 24.7 Å². The number of nitro benzene ring substituents is 1. The summed E-state index contributed by atoms with van der Waals surface area (Å²) in [5, 5.41) is 10.7. The average molecular weight is 289 g/mol. The smallest absolute Gasteiger partial charge is 0.404 e. The van der Waals surface area contributed by atoms with Crippen molar-refractivity contribution >= 4 is 13.5 Å². The van der Waals surface area contributed by atoms with Gasteiger partial charge in [0.2, 0.25) is 0 Å². The van der Waals surface area contributed by atoms with E-state index in [0.717, 1.165) is 0 Å². The van der Waals surface area contributed by atoms with E-state index in [4.69, 9.17) is 13.6 Å². The highest BCUT2D eigenvalue weighted by Gasteiger charge is 2.27. The summed E-state index contributed by atoms with van der Waals surface area (Å²) in [7, 11) is -3.67. The summed E-state index contributed by atoms with van der Waals surface area (Å²) in [4.78, 5) is 10.2. The van der Waals surface area contributed by atoms with E-state index in [1.165, 1.54) is 18.2 Å². The molecule has 0 aliphatic rings. The van der Waals surface area contributed by atoms with Crippen molar-refractivity contribution in [3.05, 3.63) is 33.9 Å². The minimum absolute atomic E-state index is 0.0324. The minimum atomic E-state index is -3.67. The number of hydrogen-bond acceptors (Lipinski definition) is 6. The molecule has 0 radical (unpaired) electrons. The molecule has 19 heavy (non-hydrogen) atoms. The molecule has 0 fully saturated rings. The van der Waals surface area contributed by atoms with Crippen molar-refractivity contribution in [2.45, 2.75) is 20.8 Å². The summed E-state index contributed by atoms with van der Waals surface area (Å²) < 4.78 is 27.2. The Balaban J connectivity index is 2.95. The molecule has 1 rings (SSSR count). The van der Waals surface area contributed by atoms with Crippen LogP contribution in [0.5, 0.6) is 5.75 Å². The topological polar surface area (TPSA) is 87.9 Å². The number of nitrogens with zero attached hydrogens (tertiary/aromatic N) is 1. The zero-order chi connectivity index (χ0) is 14.5. The van der Waals surface area contributed by atoms with Gasteiger partial charge < -0.3 is 4.52 Å².